The number of hydrogen-bond donors (Lipinski definition) is 0. The molecule has 0 radical (unpaired) electrons. The lowest BCUT2D eigenvalue weighted by Crippen LogP contribution is -2.38. The maximum absolute atomic E-state index is 13.2. The molecule has 0 aromatic heterocycles. The van der Waals surface area contributed by atoms with E-state index in [1.54, 1.807) is 19.1 Å². The molecule has 2 aliphatic heterocycles. The van der Waals surface area contributed by atoms with Crippen molar-refractivity contribution in [3.8, 4) is 11.5 Å². The van der Waals surface area contributed by atoms with E-state index in [-0.39, 0.29) is 17.2 Å². The quantitative estimate of drug-likeness (QED) is 0.700. The predicted molar refractivity (Wildman–Crippen MR) is 108 cm³/mol. The molecule has 0 unspecified atom stereocenters. The Balaban J connectivity index is 1.55. The van der Waals surface area contributed by atoms with E-state index in [0.29, 0.717) is 18.8 Å². The van der Waals surface area contributed by atoms with Gasteiger partial charge in [-0.25, -0.2) is 4.79 Å². The van der Waals surface area contributed by atoms with Gasteiger partial charge < -0.3 is 19.3 Å². The van der Waals surface area contributed by atoms with Gasteiger partial charge in [0.1, 0.15) is 17.5 Å². The van der Waals surface area contributed by atoms with Gasteiger partial charge in [0.15, 0.2) is 0 Å². The summed E-state index contributed by atoms with van der Waals surface area (Å²) in [6, 6.07) is 14.7. The van der Waals surface area contributed by atoms with Crippen LogP contribution in [0.15, 0.2) is 48.5 Å². The van der Waals surface area contributed by atoms with Crippen LogP contribution in [0.2, 0.25) is 0 Å². The molecule has 4 rings (SSSR count). The van der Waals surface area contributed by atoms with Gasteiger partial charge in [-0.3, -0.25) is 4.79 Å². The Morgan fingerprint density at radius 2 is 1.36 bits per heavy atom. The first-order valence-corrected chi connectivity index (χ1v) is 10.1. The Bertz CT molecular complexity index is 869. The summed E-state index contributed by atoms with van der Waals surface area (Å²) < 4.78 is 10.4. The van der Waals surface area contributed by atoms with Crippen molar-refractivity contribution < 1.29 is 19.1 Å². The number of thioether (sulfide) groups is 1. The molecular weight excluding hydrogens is 376 g/mol. The highest BCUT2D eigenvalue weighted by Gasteiger charge is 2.52. The minimum absolute atomic E-state index is 0.0732. The number of rotatable bonds is 6. The van der Waals surface area contributed by atoms with Gasteiger partial charge >= 0.3 is 6.03 Å². The van der Waals surface area contributed by atoms with E-state index in [4.69, 9.17) is 9.47 Å². The minimum Gasteiger partial charge on any atom is -0.497 e. The van der Waals surface area contributed by atoms with Crippen LogP contribution in [0.3, 0.4) is 0 Å². The molecule has 0 spiro atoms. The smallest absolute Gasteiger partial charge is 0.321 e. The van der Waals surface area contributed by atoms with Crippen LogP contribution in [0, 0.1) is 0 Å². The van der Waals surface area contributed by atoms with E-state index in [1.807, 2.05) is 53.4 Å². The summed E-state index contributed by atoms with van der Waals surface area (Å²) in [4.78, 5) is 29.2. The molecule has 2 amide bonds. The van der Waals surface area contributed by atoms with Gasteiger partial charge in [-0.15, -0.1) is 0 Å². The van der Waals surface area contributed by atoms with Crippen LogP contribution in [0.25, 0.3) is 0 Å². The van der Waals surface area contributed by atoms with Gasteiger partial charge in [0, 0.05) is 18.8 Å². The summed E-state index contributed by atoms with van der Waals surface area (Å²) in [6.45, 7) is 0.895. The fraction of sp³-hybridized carbons (Fsp3) is 0.333. The molecule has 2 aliphatic rings. The average Bonchev–Trinajstić information content (AvgIpc) is 3.22. The van der Waals surface area contributed by atoms with Crippen molar-refractivity contribution in [2.24, 2.45) is 0 Å². The Morgan fingerprint density at radius 3 is 1.86 bits per heavy atom. The average molecular weight is 398 g/mol. The summed E-state index contributed by atoms with van der Waals surface area (Å²) in [5.41, 5.74) is 1.99. The van der Waals surface area contributed by atoms with Gasteiger partial charge in [-0.05, 0) is 35.4 Å². The van der Waals surface area contributed by atoms with Gasteiger partial charge in [0.2, 0.25) is 5.12 Å². The fourth-order valence-corrected chi connectivity index (χ4v) is 4.88. The number of benzene rings is 2. The number of carbonyl (C=O) groups is 2. The van der Waals surface area contributed by atoms with Gasteiger partial charge in [0.05, 0.1) is 20.3 Å². The number of amides is 2. The van der Waals surface area contributed by atoms with Gasteiger partial charge in [-0.2, -0.15) is 0 Å². The third-order valence-corrected chi connectivity index (χ3v) is 6.29. The first kappa shape index (κ1) is 18.7. The van der Waals surface area contributed by atoms with Crippen molar-refractivity contribution in [3.05, 3.63) is 59.7 Å². The predicted octanol–water partition coefficient (Wildman–Crippen LogP) is 3.15. The van der Waals surface area contributed by atoms with Crippen LogP contribution in [0.1, 0.15) is 11.1 Å². The SMILES string of the molecule is COc1ccc(CN2C(=O)N(Cc3ccc(OC)cc3)[C@H]3CSC(=O)[C@H]32)cc1. The Labute approximate surface area is 168 Å². The zero-order valence-electron chi connectivity index (χ0n) is 15.8. The summed E-state index contributed by atoms with van der Waals surface area (Å²) in [6.07, 6.45) is 0. The van der Waals surface area contributed by atoms with Crippen molar-refractivity contribution in [3.63, 3.8) is 0 Å². The second-order valence-corrected chi connectivity index (χ2v) is 7.90. The molecule has 6 nitrogen and oxygen atoms in total. The van der Waals surface area contributed by atoms with E-state index >= 15 is 0 Å². The fourth-order valence-electron chi connectivity index (χ4n) is 3.73. The van der Waals surface area contributed by atoms with Crippen LogP contribution in [-0.4, -0.2) is 53.0 Å². The third kappa shape index (κ3) is 3.42. The second kappa shape index (κ2) is 7.75. The summed E-state index contributed by atoms with van der Waals surface area (Å²) in [5.74, 6) is 2.19. The topological polar surface area (TPSA) is 59.1 Å². The van der Waals surface area contributed by atoms with Crippen LogP contribution in [0.4, 0.5) is 4.79 Å². The molecule has 28 heavy (non-hydrogen) atoms. The first-order valence-electron chi connectivity index (χ1n) is 9.10. The number of ether oxygens (including phenoxy) is 2. The Hall–Kier alpha value is -2.67. The zero-order valence-corrected chi connectivity index (χ0v) is 16.6. The molecule has 2 heterocycles. The van der Waals surface area contributed by atoms with Gasteiger partial charge in [0.25, 0.3) is 0 Å². The van der Waals surface area contributed by atoms with Crippen molar-refractivity contribution >= 4 is 22.9 Å². The molecule has 0 aliphatic carbocycles. The maximum Gasteiger partial charge on any atom is 0.321 e. The summed E-state index contributed by atoms with van der Waals surface area (Å²) >= 11 is 1.32. The molecule has 0 bridgehead atoms. The second-order valence-electron chi connectivity index (χ2n) is 6.88. The van der Waals surface area contributed by atoms with Gasteiger partial charge in [-0.1, -0.05) is 36.0 Å². The molecular formula is C21H22N2O4S. The molecule has 0 N–H and O–H groups in total. The minimum atomic E-state index is -0.391. The van der Waals surface area contributed by atoms with Crippen LogP contribution in [0.5, 0.6) is 11.5 Å². The molecule has 2 aromatic rings. The van der Waals surface area contributed by atoms with Crippen LogP contribution < -0.4 is 9.47 Å². The number of methoxy groups -OCH3 is 2. The Kier molecular flexibility index (Phi) is 5.17. The van der Waals surface area contributed by atoms with Crippen LogP contribution >= 0.6 is 11.8 Å². The van der Waals surface area contributed by atoms with Crippen molar-refractivity contribution in [2.45, 2.75) is 25.2 Å². The summed E-state index contributed by atoms with van der Waals surface area (Å²) in [7, 11) is 3.25. The van der Waals surface area contributed by atoms with E-state index < -0.39 is 6.04 Å². The lowest BCUT2D eigenvalue weighted by Gasteiger charge is -2.22. The van der Waals surface area contributed by atoms with E-state index in [0.717, 1.165) is 22.6 Å². The standard InChI is InChI=1S/C21H22N2O4S/c1-26-16-7-3-14(4-8-16)11-22-18-13-28-20(24)19(18)23(21(22)25)12-15-5-9-17(27-2)10-6-15/h3-10,18-19H,11-13H2,1-2H3/t18-,19-/m0/s1. The van der Waals surface area contributed by atoms with Crippen molar-refractivity contribution in [2.75, 3.05) is 20.0 Å². The largest absolute Gasteiger partial charge is 0.497 e. The number of hydrogen-bond acceptors (Lipinski definition) is 5. The molecule has 2 atom stereocenters. The number of carbonyl (C=O) groups excluding carboxylic acids is 2. The van der Waals surface area contributed by atoms with E-state index in [9.17, 15) is 9.59 Å². The Morgan fingerprint density at radius 1 is 0.857 bits per heavy atom. The lowest BCUT2D eigenvalue weighted by molar-refractivity contribution is -0.114. The van der Waals surface area contributed by atoms with Crippen LogP contribution in [-0.2, 0) is 17.9 Å². The lowest BCUT2D eigenvalue weighted by atomic mass is 10.1. The monoisotopic (exact) mass is 398 g/mol. The van der Waals surface area contributed by atoms with Crippen molar-refractivity contribution in [1.29, 1.82) is 0 Å². The molecule has 0 saturated carbocycles. The third-order valence-electron chi connectivity index (χ3n) is 5.25. The summed E-state index contributed by atoms with van der Waals surface area (Å²) in [5, 5.41) is 0.0732. The number of nitrogens with zero attached hydrogens (tertiary/aromatic N) is 2. The highest BCUT2D eigenvalue weighted by Crippen LogP contribution is 2.37. The maximum atomic E-state index is 13.2. The van der Waals surface area contributed by atoms with E-state index in [2.05, 4.69) is 0 Å². The highest BCUT2D eigenvalue weighted by molar-refractivity contribution is 8.14. The molecule has 2 fully saturated rings. The molecule has 7 heteroatoms. The number of urea groups is 1. The molecule has 2 aromatic carbocycles. The molecule has 146 valence electrons. The zero-order chi connectivity index (χ0) is 19.7. The normalized spacial score (nSPS) is 21.2. The van der Waals surface area contributed by atoms with E-state index in [1.165, 1.54) is 11.8 Å². The van der Waals surface area contributed by atoms with Crippen molar-refractivity contribution in [1.82, 2.24) is 9.80 Å². The number of fused-ring (bicyclic) bond motifs is 1. The highest BCUT2D eigenvalue weighted by atomic mass is 32.2. The molecule has 2 saturated heterocycles. The first-order chi connectivity index (χ1) is 13.6.